The number of hydrogen-bond donors (Lipinski definition) is 3. The first-order valence-electron chi connectivity index (χ1n) is 9.69. The summed E-state index contributed by atoms with van der Waals surface area (Å²) in [5.74, 6) is -0.286. The first-order valence-corrected chi connectivity index (χ1v) is 9.69. The highest BCUT2D eigenvalue weighted by Gasteiger charge is 2.32. The molecule has 0 bridgehead atoms. The van der Waals surface area contributed by atoms with Crippen LogP contribution < -0.4 is 5.32 Å². The van der Waals surface area contributed by atoms with Crippen LogP contribution in [0.2, 0.25) is 0 Å². The third kappa shape index (κ3) is 5.17. The highest BCUT2D eigenvalue weighted by molar-refractivity contribution is 6.09. The van der Waals surface area contributed by atoms with Crippen LogP contribution in [-0.2, 0) is 11.3 Å². The molecule has 6 nitrogen and oxygen atoms in total. The topological polar surface area (TPSA) is 85.7 Å². The van der Waals surface area contributed by atoms with Crippen molar-refractivity contribution in [2.24, 2.45) is 0 Å². The molecule has 1 aliphatic heterocycles. The third-order valence-electron chi connectivity index (χ3n) is 4.54. The molecule has 7 heteroatoms. The van der Waals surface area contributed by atoms with Gasteiger partial charge in [0.25, 0.3) is 0 Å². The van der Waals surface area contributed by atoms with Crippen molar-refractivity contribution < 1.29 is 19.0 Å². The predicted molar refractivity (Wildman–Crippen MR) is 114 cm³/mol. The van der Waals surface area contributed by atoms with Crippen molar-refractivity contribution in [1.82, 2.24) is 10.2 Å². The summed E-state index contributed by atoms with van der Waals surface area (Å²) in [5, 5.41) is 21.3. The maximum atomic E-state index is 14.6. The van der Waals surface area contributed by atoms with Crippen LogP contribution in [0, 0.1) is 11.2 Å². The molecule has 158 valence electrons. The molecule has 1 amide bonds. The minimum Gasteiger partial charge on any atom is -0.508 e. The van der Waals surface area contributed by atoms with Crippen LogP contribution in [0.3, 0.4) is 0 Å². The van der Waals surface area contributed by atoms with Gasteiger partial charge in [-0.2, -0.15) is 0 Å². The average molecular weight is 411 g/mol. The summed E-state index contributed by atoms with van der Waals surface area (Å²) in [4.78, 5) is 13.9. The Bertz CT molecular complexity index is 995. The van der Waals surface area contributed by atoms with Gasteiger partial charge in [-0.05, 0) is 50.6 Å². The molecule has 3 N–H and O–H groups in total. The Morgan fingerprint density at radius 1 is 1.20 bits per heavy atom. The summed E-state index contributed by atoms with van der Waals surface area (Å²) in [7, 11) is 0. The first kappa shape index (κ1) is 21.4. The van der Waals surface area contributed by atoms with E-state index in [0.29, 0.717) is 23.4 Å². The number of nitrogens with zero attached hydrogens (tertiary/aromatic N) is 1. The Labute approximate surface area is 175 Å². The van der Waals surface area contributed by atoms with Crippen molar-refractivity contribution >= 4 is 17.5 Å². The maximum absolute atomic E-state index is 14.6. The van der Waals surface area contributed by atoms with Gasteiger partial charge in [-0.3, -0.25) is 4.90 Å². The molecule has 1 saturated heterocycles. The number of halogens is 1. The Morgan fingerprint density at radius 2 is 1.93 bits per heavy atom. The monoisotopic (exact) mass is 411 g/mol. The molecule has 0 radical (unpaired) electrons. The minimum atomic E-state index is -0.645. The molecule has 1 heterocycles. The number of nitrogens with one attached hydrogen (secondary N) is 2. The zero-order valence-corrected chi connectivity index (χ0v) is 17.3. The minimum absolute atomic E-state index is 0.0933. The van der Waals surface area contributed by atoms with Gasteiger partial charge in [0.15, 0.2) is 0 Å². The number of phenolic OH excluding ortho intramolecular Hbond substituents is 1. The lowest BCUT2D eigenvalue weighted by molar-refractivity contribution is 0.0309. The van der Waals surface area contributed by atoms with Crippen molar-refractivity contribution in [1.29, 1.82) is 5.41 Å². The summed E-state index contributed by atoms with van der Waals surface area (Å²) in [6.45, 7) is 5.90. The second-order valence-corrected chi connectivity index (χ2v) is 8.17. The number of carbonyl (C=O) groups is 1. The Kier molecular flexibility index (Phi) is 6.10. The zero-order chi connectivity index (χ0) is 21.9. The SMILES string of the molecule is CC(C)(C)OC(=O)N1CC(=N)/C(=C(\NCc2cccc(O)c2)c2ccccc2F)C1. The van der Waals surface area contributed by atoms with E-state index in [1.165, 1.54) is 11.0 Å². The summed E-state index contributed by atoms with van der Waals surface area (Å²) in [5.41, 5.74) is 1.69. The molecule has 1 fully saturated rings. The second-order valence-electron chi connectivity index (χ2n) is 8.17. The van der Waals surface area contributed by atoms with E-state index in [1.54, 1.807) is 57.2 Å². The van der Waals surface area contributed by atoms with Crippen LogP contribution in [-0.4, -0.2) is 40.5 Å². The van der Waals surface area contributed by atoms with E-state index in [1.807, 2.05) is 6.07 Å². The van der Waals surface area contributed by atoms with E-state index in [4.69, 9.17) is 10.1 Å². The number of aromatic hydroxyl groups is 1. The molecule has 0 spiro atoms. The fourth-order valence-electron chi connectivity index (χ4n) is 3.20. The summed E-state index contributed by atoms with van der Waals surface area (Å²) in [6, 6.07) is 13.1. The van der Waals surface area contributed by atoms with Gasteiger partial charge in [0, 0.05) is 17.7 Å². The molecule has 1 aliphatic rings. The first-order chi connectivity index (χ1) is 14.1. The molecular weight excluding hydrogens is 385 g/mol. The van der Waals surface area contributed by atoms with Crippen LogP contribution in [0.15, 0.2) is 54.1 Å². The fraction of sp³-hybridized carbons (Fsp3) is 0.304. The Hall–Kier alpha value is -3.35. The molecule has 0 unspecified atom stereocenters. The highest BCUT2D eigenvalue weighted by atomic mass is 19.1. The van der Waals surface area contributed by atoms with Crippen molar-refractivity contribution in [2.75, 3.05) is 13.1 Å². The van der Waals surface area contributed by atoms with Crippen LogP contribution in [0.25, 0.3) is 5.70 Å². The lowest BCUT2D eigenvalue weighted by atomic mass is 10.0. The van der Waals surface area contributed by atoms with Crippen LogP contribution >= 0.6 is 0 Å². The number of ether oxygens (including phenoxy) is 1. The van der Waals surface area contributed by atoms with Crippen molar-refractivity contribution in [3.8, 4) is 5.75 Å². The van der Waals surface area contributed by atoms with E-state index < -0.39 is 17.5 Å². The van der Waals surface area contributed by atoms with Gasteiger partial charge in [-0.25, -0.2) is 9.18 Å². The van der Waals surface area contributed by atoms with Gasteiger partial charge in [0.2, 0.25) is 0 Å². The lowest BCUT2D eigenvalue weighted by Gasteiger charge is -2.23. The predicted octanol–water partition coefficient (Wildman–Crippen LogP) is 4.30. The molecule has 3 rings (SSSR count). The second kappa shape index (κ2) is 8.57. The standard InChI is InChI=1S/C23H26FN3O3/c1-23(2,3)30-22(29)27-13-18(20(25)14-27)21(17-9-4-5-10-19(17)24)26-12-15-7-6-8-16(28)11-15/h4-11,25-26,28H,12-14H2,1-3H3/b21-18-,25-20?. The molecule has 0 aliphatic carbocycles. The molecule has 2 aromatic carbocycles. The summed E-state index contributed by atoms with van der Waals surface area (Å²) < 4.78 is 20.0. The summed E-state index contributed by atoms with van der Waals surface area (Å²) >= 11 is 0. The Morgan fingerprint density at radius 3 is 2.60 bits per heavy atom. The average Bonchev–Trinajstić information content (AvgIpc) is 3.04. The van der Waals surface area contributed by atoms with Crippen LogP contribution in [0.1, 0.15) is 31.9 Å². The lowest BCUT2D eigenvalue weighted by Crippen LogP contribution is -2.35. The van der Waals surface area contributed by atoms with E-state index in [9.17, 15) is 14.3 Å². The van der Waals surface area contributed by atoms with Gasteiger partial charge < -0.3 is 20.6 Å². The number of phenols is 1. The van der Waals surface area contributed by atoms with Gasteiger partial charge in [0.05, 0.1) is 24.5 Å². The molecule has 0 saturated carbocycles. The van der Waals surface area contributed by atoms with Crippen molar-refractivity contribution in [3.63, 3.8) is 0 Å². The number of hydrogen-bond acceptors (Lipinski definition) is 5. The smallest absolute Gasteiger partial charge is 0.410 e. The molecule has 0 aromatic heterocycles. The van der Waals surface area contributed by atoms with E-state index in [0.717, 1.165) is 5.56 Å². The molecular formula is C23H26FN3O3. The highest BCUT2D eigenvalue weighted by Crippen LogP contribution is 2.26. The number of likely N-dealkylation sites (tertiary alicyclic amines) is 1. The van der Waals surface area contributed by atoms with Crippen molar-refractivity contribution in [2.45, 2.75) is 32.9 Å². The summed E-state index contributed by atoms with van der Waals surface area (Å²) in [6.07, 6.45) is -0.511. The largest absolute Gasteiger partial charge is 0.508 e. The van der Waals surface area contributed by atoms with E-state index >= 15 is 0 Å². The molecule has 30 heavy (non-hydrogen) atoms. The molecule has 2 aromatic rings. The number of rotatable bonds is 4. The quantitative estimate of drug-likeness (QED) is 0.700. The van der Waals surface area contributed by atoms with Crippen LogP contribution in [0.4, 0.5) is 9.18 Å². The number of amides is 1. The van der Waals surface area contributed by atoms with Gasteiger partial charge in [0.1, 0.15) is 17.2 Å². The number of carbonyl (C=O) groups excluding carboxylic acids is 1. The van der Waals surface area contributed by atoms with Gasteiger partial charge in [-0.15, -0.1) is 0 Å². The van der Waals surface area contributed by atoms with E-state index in [2.05, 4.69) is 5.32 Å². The van der Waals surface area contributed by atoms with Crippen molar-refractivity contribution in [3.05, 3.63) is 71.0 Å². The zero-order valence-electron chi connectivity index (χ0n) is 17.3. The van der Waals surface area contributed by atoms with E-state index in [-0.39, 0.29) is 24.6 Å². The van der Waals surface area contributed by atoms with Gasteiger partial charge >= 0.3 is 6.09 Å². The van der Waals surface area contributed by atoms with Crippen LogP contribution in [0.5, 0.6) is 5.75 Å². The normalized spacial score (nSPS) is 15.9. The molecule has 0 atom stereocenters. The Balaban J connectivity index is 1.92. The maximum Gasteiger partial charge on any atom is 0.410 e. The number of benzene rings is 2. The van der Waals surface area contributed by atoms with Gasteiger partial charge in [-0.1, -0.05) is 24.3 Å². The third-order valence-corrected chi connectivity index (χ3v) is 4.54. The fourth-order valence-corrected chi connectivity index (χ4v) is 3.20.